The predicted octanol–water partition coefficient (Wildman–Crippen LogP) is 6.47. The zero-order valence-corrected chi connectivity index (χ0v) is 19.4. The molecule has 0 aromatic carbocycles. The molecule has 0 atom stereocenters. The van der Waals surface area contributed by atoms with Crippen LogP contribution in [0, 0.1) is 5.41 Å². The molecule has 1 N–H and O–H groups in total. The molecule has 0 radical (unpaired) electrons. The van der Waals surface area contributed by atoms with Crippen LogP contribution in [0.5, 0.6) is 0 Å². The van der Waals surface area contributed by atoms with E-state index in [1.165, 1.54) is 95.6 Å². The molecular weight excluding hydrogens is 356 g/mol. The van der Waals surface area contributed by atoms with Gasteiger partial charge < -0.3 is 14.6 Å². The van der Waals surface area contributed by atoms with Crippen LogP contribution in [0.4, 0.5) is 0 Å². The molecule has 0 amide bonds. The van der Waals surface area contributed by atoms with Gasteiger partial charge in [-0.05, 0) is 12.2 Å². The molecule has 0 fully saturated rings. The van der Waals surface area contributed by atoms with Gasteiger partial charge in [0.05, 0.1) is 19.8 Å². The first-order chi connectivity index (χ1) is 13.2. The minimum absolute atomic E-state index is 0.125. The largest absolute Gasteiger partial charge is 0.396 e. The van der Waals surface area contributed by atoms with Crippen LogP contribution < -0.4 is 0 Å². The monoisotopic (exact) mass is 404 g/mol. The molecule has 0 heterocycles. The number of thioether (sulfide) groups is 1. The van der Waals surface area contributed by atoms with Gasteiger partial charge >= 0.3 is 0 Å². The summed E-state index contributed by atoms with van der Waals surface area (Å²) in [5.74, 6) is 2.08. The van der Waals surface area contributed by atoms with Crippen LogP contribution in [0.1, 0.15) is 96.8 Å². The molecule has 0 aromatic rings. The van der Waals surface area contributed by atoms with Gasteiger partial charge in [-0.1, -0.05) is 90.4 Å². The van der Waals surface area contributed by atoms with Crippen LogP contribution >= 0.6 is 11.8 Å². The van der Waals surface area contributed by atoms with Gasteiger partial charge in [-0.3, -0.25) is 0 Å². The zero-order chi connectivity index (χ0) is 20.1. The lowest BCUT2D eigenvalue weighted by Crippen LogP contribution is -2.38. The second kappa shape index (κ2) is 21.0. The SMILES string of the molecule is CCCCCCCCCCCCCCCCSCC(CO)(COC)COC. The number of methoxy groups -OCH3 is 2. The second-order valence-electron chi connectivity index (χ2n) is 8.17. The van der Waals surface area contributed by atoms with E-state index in [4.69, 9.17) is 9.47 Å². The van der Waals surface area contributed by atoms with Gasteiger partial charge in [0.25, 0.3) is 0 Å². The minimum atomic E-state index is -0.246. The van der Waals surface area contributed by atoms with Gasteiger partial charge in [-0.2, -0.15) is 11.8 Å². The van der Waals surface area contributed by atoms with Crippen molar-refractivity contribution in [1.29, 1.82) is 0 Å². The normalized spacial score (nSPS) is 12.0. The van der Waals surface area contributed by atoms with E-state index < -0.39 is 0 Å². The molecule has 164 valence electrons. The van der Waals surface area contributed by atoms with E-state index in [1.54, 1.807) is 14.2 Å². The average molecular weight is 405 g/mol. The number of unbranched alkanes of at least 4 members (excludes halogenated alkanes) is 13. The number of aliphatic hydroxyl groups excluding tert-OH is 1. The smallest absolute Gasteiger partial charge is 0.0570 e. The Balaban J connectivity index is 3.37. The van der Waals surface area contributed by atoms with Crippen molar-refractivity contribution in [3.05, 3.63) is 0 Å². The molecule has 3 nitrogen and oxygen atoms in total. The maximum atomic E-state index is 9.69. The minimum Gasteiger partial charge on any atom is -0.396 e. The number of hydrogen-bond donors (Lipinski definition) is 1. The summed E-state index contributed by atoms with van der Waals surface area (Å²) in [6.45, 7) is 3.53. The molecule has 0 aliphatic heterocycles. The third kappa shape index (κ3) is 16.9. The van der Waals surface area contributed by atoms with E-state index in [1.807, 2.05) is 11.8 Å². The molecular formula is C23H48O3S. The van der Waals surface area contributed by atoms with Crippen molar-refractivity contribution in [3.63, 3.8) is 0 Å². The number of aliphatic hydroxyl groups is 1. The summed E-state index contributed by atoms with van der Waals surface area (Å²) in [6, 6.07) is 0. The number of ether oxygens (including phenoxy) is 2. The lowest BCUT2D eigenvalue weighted by Gasteiger charge is -2.29. The maximum absolute atomic E-state index is 9.69. The van der Waals surface area contributed by atoms with Crippen LogP contribution in [-0.4, -0.2) is 50.7 Å². The van der Waals surface area contributed by atoms with Crippen molar-refractivity contribution < 1.29 is 14.6 Å². The summed E-state index contributed by atoms with van der Waals surface area (Å²) in [5.41, 5.74) is -0.246. The molecule has 0 bridgehead atoms. The van der Waals surface area contributed by atoms with Crippen molar-refractivity contribution >= 4 is 11.8 Å². The van der Waals surface area contributed by atoms with Gasteiger partial charge in [-0.25, -0.2) is 0 Å². The van der Waals surface area contributed by atoms with E-state index >= 15 is 0 Å². The Labute approximate surface area is 174 Å². The summed E-state index contributed by atoms with van der Waals surface area (Å²) in [4.78, 5) is 0. The number of rotatable bonds is 22. The summed E-state index contributed by atoms with van der Waals surface area (Å²) < 4.78 is 10.6. The highest BCUT2D eigenvalue weighted by atomic mass is 32.2. The molecule has 4 heteroatoms. The highest BCUT2D eigenvalue weighted by Crippen LogP contribution is 2.24. The Hall–Kier alpha value is 0.230. The molecule has 0 spiro atoms. The Morgan fingerprint density at radius 3 is 1.44 bits per heavy atom. The molecule has 0 aliphatic rings. The standard InChI is InChI=1S/C23H48O3S/c1-4-5-6-7-8-9-10-11-12-13-14-15-16-17-18-27-22-23(19-24,20-25-2)21-26-3/h24H,4-22H2,1-3H3. The summed E-state index contributed by atoms with van der Waals surface area (Å²) in [6.07, 6.45) is 19.7. The van der Waals surface area contributed by atoms with E-state index in [-0.39, 0.29) is 12.0 Å². The Bertz CT molecular complexity index is 281. The van der Waals surface area contributed by atoms with Crippen LogP contribution in [0.3, 0.4) is 0 Å². The third-order valence-electron chi connectivity index (χ3n) is 5.29. The van der Waals surface area contributed by atoms with Crippen LogP contribution in [0.2, 0.25) is 0 Å². The lowest BCUT2D eigenvalue weighted by atomic mass is 9.94. The lowest BCUT2D eigenvalue weighted by molar-refractivity contribution is -0.0104. The first-order valence-corrected chi connectivity index (χ1v) is 12.6. The topological polar surface area (TPSA) is 38.7 Å². The van der Waals surface area contributed by atoms with Crippen molar-refractivity contribution in [2.24, 2.45) is 5.41 Å². The molecule has 0 aromatic heterocycles. The third-order valence-corrected chi connectivity index (χ3v) is 6.68. The molecule has 0 saturated heterocycles. The predicted molar refractivity (Wildman–Crippen MR) is 121 cm³/mol. The van der Waals surface area contributed by atoms with E-state index in [2.05, 4.69) is 6.92 Å². The fourth-order valence-corrected chi connectivity index (χ4v) is 4.81. The van der Waals surface area contributed by atoms with Crippen molar-refractivity contribution in [2.45, 2.75) is 96.8 Å². The van der Waals surface area contributed by atoms with E-state index in [0.29, 0.717) is 13.2 Å². The van der Waals surface area contributed by atoms with Crippen LogP contribution in [-0.2, 0) is 9.47 Å². The van der Waals surface area contributed by atoms with E-state index in [0.717, 1.165) is 5.75 Å². The highest BCUT2D eigenvalue weighted by molar-refractivity contribution is 7.99. The van der Waals surface area contributed by atoms with Gasteiger partial charge in [0, 0.05) is 25.4 Å². The Kier molecular flexibility index (Phi) is 21.1. The molecule has 0 unspecified atom stereocenters. The van der Waals surface area contributed by atoms with Crippen LogP contribution in [0.15, 0.2) is 0 Å². The molecule has 0 rings (SSSR count). The summed E-state index contributed by atoms with van der Waals surface area (Å²) in [5, 5.41) is 9.69. The fraction of sp³-hybridized carbons (Fsp3) is 1.00. The fourth-order valence-electron chi connectivity index (χ4n) is 3.56. The summed E-state index contributed by atoms with van der Waals surface area (Å²) in [7, 11) is 3.39. The van der Waals surface area contributed by atoms with E-state index in [9.17, 15) is 5.11 Å². The quantitative estimate of drug-likeness (QED) is 0.210. The molecule has 0 saturated carbocycles. The van der Waals surface area contributed by atoms with Crippen molar-refractivity contribution in [2.75, 3.05) is 45.5 Å². The van der Waals surface area contributed by atoms with Gasteiger partial charge in [0.2, 0.25) is 0 Å². The van der Waals surface area contributed by atoms with Crippen molar-refractivity contribution in [1.82, 2.24) is 0 Å². The summed E-state index contributed by atoms with van der Waals surface area (Å²) >= 11 is 1.93. The Morgan fingerprint density at radius 1 is 0.667 bits per heavy atom. The second-order valence-corrected chi connectivity index (χ2v) is 9.28. The van der Waals surface area contributed by atoms with Crippen molar-refractivity contribution in [3.8, 4) is 0 Å². The average Bonchev–Trinajstić information content (AvgIpc) is 2.68. The Morgan fingerprint density at radius 2 is 1.07 bits per heavy atom. The first kappa shape index (κ1) is 27.2. The number of hydrogen-bond acceptors (Lipinski definition) is 4. The maximum Gasteiger partial charge on any atom is 0.0570 e. The first-order valence-electron chi connectivity index (χ1n) is 11.4. The highest BCUT2D eigenvalue weighted by Gasteiger charge is 2.29. The zero-order valence-electron chi connectivity index (χ0n) is 18.6. The van der Waals surface area contributed by atoms with Gasteiger partial charge in [-0.15, -0.1) is 0 Å². The van der Waals surface area contributed by atoms with Gasteiger partial charge in [0.1, 0.15) is 0 Å². The molecule has 27 heavy (non-hydrogen) atoms. The van der Waals surface area contributed by atoms with Crippen LogP contribution in [0.25, 0.3) is 0 Å². The molecule has 0 aliphatic carbocycles. The van der Waals surface area contributed by atoms with Gasteiger partial charge in [0.15, 0.2) is 0 Å².